The number of hydrogen-bond donors (Lipinski definition) is 0. The summed E-state index contributed by atoms with van der Waals surface area (Å²) in [6, 6.07) is 10.7. The number of imide groups is 1. The first-order valence-electron chi connectivity index (χ1n) is 8.42. The number of amides is 2. The lowest BCUT2D eigenvalue weighted by molar-refractivity contribution is -0.139. The summed E-state index contributed by atoms with van der Waals surface area (Å²) in [4.78, 5) is 48.8. The normalized spacial score (nSPS) is 13.7. The summed E-state index contributed by atoms with van der Waals surface area (Å²) in [5.41, 5.74) is 1.18. The zero-order valence-electron chi connectivity index (χ0n) is 14.6. The van der Waals surface area contributed by atoms with Gasteiger partial charge < -0.3 is 4.74 Å². The molecule has 2 amide bonds. The molecule has 0 aromatic heterocycles. The number of halogens is 2. The molecule has 2 aromatic rings. The predicted octanol–water partition coefficient (Wildman–Crippen LogP) is 3.68. The van der Waals surface area contributed by atoms with Crippen molar-refractivity contribution in [2.24, 2.45) is 0 Å². The molecule has 144 valence electrons. The lowest BCUT2D eigenvalue weighted by Crippen LogP contribution is -2.28. The van der Waals surface area contributed by atoms with Crippen molar-refractivity contribution < 1.29 is 23.9 Å². The Morgan fingerprint density at radius 3 is 2.21 bits per heavy atom. The van der Waals surface area contributed by atoms with Crippen LogP contribution in [0.15, 0.2) is 42.5 Å². The number of nitrogens with zero attached hydrogens (tertiary/aromatic N) is 1. The minimum Gasteiger partial charge on any atom is -0.454 e. The average molecular weight is 420 g/mol. The molecular formula is C20H15Cl2NO5. The molecule has 0 unspecified atom stereocenters. The van der Waals surface area contributed by atoms with E-state index in [9.17, 15) is 19.2 Å². The van der Waals surface area contributed by atoms with Gasteiger partial charge in [0.15, 0.2) is 6.61 Å². The number of rotatable bonds is 6. The zero-order chi connectivity index (χ0) is 20.3. The minimum absolute atomic E-state index is 0.167. The Morgan fingerprint density at radius 2 is 1.61 bits per heavy atom. The largest absolute Gasteiger partial charge is 0.454 e. The molecule has 0 aliphatic carbocycles. The predicted molar refractivity (Wildman–Crippen MR) is 102 cm³/mol. The van der Waals surface area contributed by atoms with Gasteiger partial charge in [-0.25, -0.2) is 4.79 Å². The quantitative estimate of drug-likeness (QED) is 0.405. The third-order valence-electron chi connectivity index (χ3n) is 4.25. The molecule has 1 aliphatic rings. The second-order valence-corrected chi connectivity index (χ2v) is 7.04. The number of carbonyl (C=O) groups is 4. The van der Waals surface area contributed by atoms with Gasteiger partial charge in [-0.15, -0.1) is 0 Å². The monoisotopic (exact) mass is 419 g/mol. The third-order valence-corrected chi connectivity index (χ3v) is 4.80. The van der Waals surface area contributed by atoms with Crippen molar-refractivity contribution in [2.75, 3.05) is 6.61 Å². The highest BCUT2D eigenvalue weighted by Crippen LogP contribution is 2.21. The lowest BCUT2D eigenvalue weighted by Gasteiger charge is -2.13. The van der Waals surface area contributed by atoms with E-state index in [-0.39, 0.29) is 47.4 Å². The van der Waals surface area contributed by atoms with E-state index in [4.69, 9.17) is 27.9 Å². The maximum absolute atomic E-state index is 12.1. The number of benzene rings is 2. The van der Waals surface area contributed by atoms with E-state index in [1.54, 1.807) is 12.1 Å². The van der Waals surface area contributed by atoms with Crippen LogP contribution in [0.2, 0.25) is 10.0 Å². The Bertz CT molecular complexity index is 940. The van der Waals surface area contributed by atoms with E-state index in [0.717, 1.165) is 0 Å². The Hall–Kier alpha value is -2.70. The van der Waals surface area contributed by atoms with Gasteiger partial charge in [0.25, 0.3) is 0 Å². The van der Waals surface area contributed by atoms with Gasteiger partial charge in [-0.1, -0.05) is 35.3 Å². The third kappa shape index (κ3) is 4.58. The summed E-state index contributed by atoms with van der Waals surface area (Å²) in [6.45, 7) is -0.292. The van der Waals surface area contributed by atoms with Crippen molar-refractivity contribution in [3.05, 3.63) is 69.2 Å². The van der Waals surface area contributed by atoms with Crippen LogP contribution < -0.4 is 0 Å². The highest BCUT2D eigenvalue weighted by Gasteiger charge is 2.28. The van der Waals surface area contributed by atoms with Crippen molar-refractivity contribution in [3.63, 3.8) is 0 Å². The van der Waals surface area contributed by atoms with E-state index < -0.39 is 18.4 Å². The van der Waals surface area contributed by atoms with E-state index in [1.807, 2.05) is 0 Å². The summed E-state index contributed by atoms with van der Waals surface area (Å²) in [7, 11) is 0. The fraction of sp³-hybridized carbons (Fsp3) is 0.200. The first kappa shape index (κ1) is 20.0. The maximum atomic E-state index is 12.1. The van der Waals surface area contributed by atoms with Gasteiger partial charge in [-0.05, 0) is 35.9 Å². The number of likely N-dealkylation sites (tertiary alicyclic amines) is 1. The van der Waals surface area contributed by atoms with Gasteiger partial charge >= 0.3 is 5.97 Å². The molecule has 1 fully saturated rings. The van der Waals surface area contributed by atoms with Crippen molar-refractivity contribution in [1.82, 2.24) is 4.90 Å². The van der Waals surface area contributed by atoms with E-state index in [2.05, 4.69) is 0 Å². The minimum atomic E-state index is -0.668. The van der Waals surface area contributed by atoms with E-state index >= 15 is 0 Å². The van der Waals surface area contributed by atoms with Crippen LogP contribution in [0.1, 0.15) is 39.1 Å². The van der Waals surface area contributed by atoms with Gasteiger partial charge in [0.05, 0.1) is 17.1 Å². The lowest BCUT2D eigenvalue weighted by atomic mass is 10.1. The van der Waals surface area contributed by atoms with Crippen LogP contribution >= 0.6 is 23.2 Å². The summed E-state index contributed by atoms with van der Waals surface area (Å²) < 4.78 is 5.04. The molecule has 1 aliphatic heterocycles. The average Bonchev–Trinajstić information content (AvgIpc) is 2.98. The van der Waals surface area contributed by atoms with Gasteiger partial charge in [0.1, 0.15) is 0 Å². The number of ketones is 1. The molecule has 1 saturated heterocycles. The highest BCUT2D eigenvalue weighted by atomic mass is 35.5. The molecule has 2 aromatic carbocycles. The molecule has 0 radical (unpaired) electrons. The Morgan fingerprint density at radius 1 is 0.964 bits per heavy atom. The number of ether oxygens (including phenoxy) is 1. The number of hydrogen-bond acceptors (Lipinski definition) is 5. The summed E-state index contributed by atoms with van der Waals surface area (Å²) in [6.07, 6.45) is 0.462. The van der Waals surface area contributed by atoms with Gasteiger partial charge in [0.2, 0.25) is 17.6 Å². The van der Waals surface area contributed by atoms with Crippen LogP contribution in [0.4, 0.5) is 0 Å². The Labute approximate surface area is 171 Å². The molecule has 3 rings (SSSR count). The molecule has 0 atom stereocenters. The smallest absolute Gasteiger partial charge is 0.338 e. The zero-order valence-corrected chi connectivity index (χ0v) is 16.1. The van der Waals surface area contributed by atoms with Crippen LogP contribution in [-0.2, 0) is 20.9 Å². The molecule has 6 nitrogen and oxygen atoms in total. The fourth-order valence-corrected chi connectivity index (χ4v) is 3.25. The van der Waals surface area contributed by atoms with Crippen LogP contribution in [0.5, 0.6) is 0 Å². The molecule has 0 spiro atoms. The number of Topliss-reactive ketones (excluding diaryl/α,β-unsaturated/α-hetero) is 1. The molecular weight excluding hydrogens is 405 g/mol. The maximum Gasteiger partial charge on any atom is 0.338 e. The molecule has 8 heteroatoms. The highest BCUT2D eigenvalue weighted by molar-refractivity contribution is 6.36. The van der Waals surface area contributed by atoms with Crippen LogP contribution in [0, 0.1) is 0 Å². The molecule has 1 heterocycles. The Balaban J connectivity index is 1.58. The Kier molecular flexibility index (Phi) is 6.11. The molecule has 0 bridgehead atoms. The van der Waals surface area contributed by atoms with Crippen molar-refractivity contribution in [3.8, 4) is 0 Å². The van der Waals surface area contributed by atoms with Crippen molar-refractivity contribution in [1.29, 1.82) is 0 Å². The second kappa shape index (κ2) is 8.54. The van der Waals surface area contributed by atoms with Crippen molar-refractivity contribution >= 4 is 46.8 Å². The number of carbonyl (C=O) groups excluding carboxylic acids is 4. The summed E-state index contributed by atoms with van der Waals surface area (Å²) in [5.74, 6) is -1.52. The fourth-order valence-electron chi connectivity index (χ4n) is 2.74. The molecule has 28 heavy (non-hydrogen) atoms. The van der Waals surface area contributed by atoms with Crippen LogP contribution in [-0.4, -0.2) is 35.1 Å². The van der Waals surface area contributed by atoms with Gasteiger partial charge in [0, 0.05) is 23.4 Å². The first-order chi connectivity index (χ1) is 13.3. The molecule has 0 saturated carbocycles. The second-order valence-electron chi connectivity index (χ2n) is 6.19. The topological polar surface area (TPSA) is 80.8 Å². The SMILES string of the molecule is O=C(OCC(=O)c1ccc(Cl)cc1Cl)c1ccc(CN2C(=O)CCC2=O)cc1. The van der Waals surface area contributed by atoms with Crippen molar-refractivity contribution in [2.45, 2.75) is 19.4 Å². The van der Waals surface area contributed by atoms with E-state index in [1.165, 1.54) is 35.2 Å². The number of esters is 1. The summed E-state index contributed by atoms with van der Waals surface area (Å²) in [5, 5.41) is 0.583. The van der Waals surface area contributed by atoms with Gasteiger partial charge in [-0.2, -0.15) is 0 Å². The molecule has 0 N–H and O–H groups in total. The van der Waals surface area contributed by atoms with Crippen LogP contribution in [0.3, 0.4) is 0 Å². The standard InChI is InChI=1S/C20H15Cl2NO5/c21-14-5-6-15(16(22)9-14)17(24)11-28-20(27)13-3-1-12(2-4-13)10-23-18(25)7-8-19(23)26/h1-6,9H,7-8,10-11H2. The van der Waals surface area contributed by atoms with Gasteiger partial charge in [-0.3, -0.25) is 19.3 Å². The van der Waals surface area contributed by atoms with Crippen LogP contribution in [0.25, 0.3) is 0 Å². The van der Waals surface area contributed by atoms with E-state index in [0.29, 0.717) is 10.6 Å². The first-order valence-corrected chi connectivity index (χ1v) is 9.18. The summed E-state index contributed by atoms with van der Waals surface area (Å²) >= 11 is 11.8.